The van der Waals surface area contributed by atoms with Crippen molar-refractivity contribution in [2.75, 3.05) is 31.5 Å². The van der Waals surface area contributed by atoms with Crippen LogP contribution in [-0.2, 0) is 0 Å². The molecule has 0 spiro atoms. The van der Waals surface area contributed by atoms with Crippen LogP contribution in [0.4, 0.5) is 19.0 Å². The monoisotopic (exact) mass is 400 g/mol. The zero-order valence-corrected chi connectivity index (χ0v) is 16.4. The van der Waals surface area contributed by atoms with E-state index < -0.39 is 11.6 Å². The SMILES string of the molecule is CCN(CC)CCNc1nc(/C=C/c2ccc(F)c(F)c2)nc2ccc(F)cc12. The van der Waals surface area contributed by atoms with Gasteiger partial charge in [0.1, 0.15) is 11.6 Å². The normalized spacial score (nSPS) is 11.7. The Hall–Kier alpha value is -2.93. The van der Waals surface area contributed by atoms with E-state index in [1.54, 1.807) is 18.2 Å². The first-order chi connectivity index (χ1) is 14.0. The van der Waals surface area contributed by atoms with Crippen molar-refractivity contribution in [1.29, 1.82) is 0 Å². The van der Waals surface area contributed by atoms with E-state index in [9.17, 15) is 13.2 Å². The molecule has 7 heteroatoms. The summed E-state index contributed by atoms with van der Waals surface area (Å²) in [6, 6.07) is 7.98. The van der Waals surface area contributed by atoms with Crippen molar-refractivity contribution in [1.82, 2.24) is 14.9 Å². The van der Waals surface area contributed by atoms with Gasteiger partial charge in [-0.05, 0) is 55.1 Å². The highest BCUT2D eigenvalue weighted by Gasteiger charge is 2.09. The number of aromatic nitrogens is 2. The molecule has 0 bridgehead atoms. The molecule has 3 aromatic rings. The second kappa shape index (κ2) is 9.52. The van der Waals surface area contributed by atoms with E-state index in [1.807, 2.05) is 0 Å². The largest absolute Gasteiger partial charge is 0.368 e. The molecule has 0 radical (unpaired) electrons. The minimum absolute atomic E-state index is 0.363. The Morgan fingerprint density at radius 3 is 2.45 bits per heavy atom. The molecular weight excluding hydrogens is 377 g/mol. The fraction of sp³-hybridized carbons (Fsp3) is 0.273. The molecule has 29 heavy (non-hydrogen) atoms. The van der Waals surface area contributed by atoms with Gasteiger partial charge in [0.25, 0.3) is 0 Å². The van der Waals surface area contributed by atoms with Gasteiger partial charge >= 0.3 is 0 Å². The number of anilines is 1. The Morgan fingerprint density at radius 2 is 1.72 bits per heavy atom. The van der Waals surface area contributed by atoms with Gasteiger partial charge in [0.15, 0.2) is 17.5 Å². The van der Waals surface area contributed by atoms with Crippen LogP contribution in [0.3, 0.4) is 0 Å². The molecule has 0 atom stereocenters. The fourth-order valence-electron chi connectivity index (χ4n) is 2.99. The highest BCUT2D eigenvalue weighted by Crippen LogP contribution is 2.22. The number of benzene rings is 2. The molecule has 0 saturated carbocycles. The molecule has 1 heterocycles. The molecule has 0 aliphatic heterocycles. The lowest BCUT2D eigenvalue weighted by Gasteiger charge is -2.18. The summed E-state index contributed by atoms with van der Waals surface area (Å²) in [5.74, 6) is -1.25. The standard InChI is InChI=1S/C22H23F3N4/c1-3-29(4-2)12-11-26-22-17-14-16(23)7-9-20(17)27-21(28-22)10-6-15-5-8-18(24)19(25)13-15/h5-10,13-14H,3-4,11-12H2,1-2H3,(H,26,27,28)/b10-6+. The Morgan fingerprint density at radius 1 is 0.931 bits per heavy atom. The predicted octanol–water partition coefficient (Wildman–Crippen LogP) is 4.97. The summed E-state index contributed by atoms with van der Waals surface area (Å²) in [6.45, 7) is 7.56. The van der Waals surface area contributed by atoms with E-state index in [0.717, 1.165) is 31.8 Å². The first-order valence-electron chi connectivity index (χ1n) is 9.56. The molecule has 2 aromatic carbocycles. The number of hydrogen-bond donors (Lipinski definition) is 1. The van der Waals surface area contributed by atoms with Crippen LogP contribution in [0.25, 0.3) is 23.1 Å². The van der Waals surface area contributed by atoms with Crippen molar-refractivity contribution in [3.8, 4) is 0 Å². The van der Waals surface area contributed by atoms with Crippen LogP contribution in [0.5, 0.6) is 0 Å². The fourth-order valence-corrected chi connectivity index (χ4v) is 2.99. The number of rotatable bonds is 8. The van der Waals surface area contributed by atoms with E-state index >= 15 is 0 Å². The van der Waals surface area contributed by atoms with Crippen molar-refractivity contribution in [2.45, 2.75) is 13.8 Å². The Kier molecular flexibility index (Phi) is 6.82. The number of hydrogen-bond acceptors (Lipinski definition) is 4. The maximum atomic E-state index is 13.7. The number of fused-ring (bicyclic) bond motifs is 1. The third-order valence-corrected chi connectivity index (χ3v) is 4.66. The number of likely N-dealkylation sites (N-methyl/N-ethyl adjacent to an activating group) is 1. The summed E-state index contributed by atoms with van der Waals surface area (Å²) < 4.78 is 40.2. The Labute approximate surface area is 168 Å². The molecule has 152 valence electrons. The second-order valence-electron chi connectivity index (χ2n) is 6.55. The number of nitrogens with zero attached hydrogens (tertiary/aromatic N) is 3. The second-order valence-corrected chi connectivity index (χ2v) is 6.55. The molecule has 1 aromatic heterocycles. The molecule has 3 rings (SSSR count). The number of halogens is 3. The minimum Gasteiger partial charge on any atom is -0.368 e. The number of nitrogens with one attached hydrogen (secondary N) is 1. The topological polar surface area (TPSA) is 41.0 Å². The Bertz CT molecular complexity index is 1020. The first kappa shape index (κ1) is 20.8. The van der Waals surface area contributed by atoms with Gasteiger partial charge in [0, 0.05) is 18.5 Å². The third-order valence-electron chi connectivity index (χ3n) is 4.66. The van der Waals surface area contributed by atoms with Gasteiger partial charge in [-0.15, -0.1) is 0 Å². The molecule has 0 fully saturated rings. The van der Waals surface area contributed by atoms with Gasteiger partial charge in [-0.2, -0.15) is 0 Å². The van der Waals surface area contributed by atoms with Gasteiger partial charge in [-0.1, -0.05) is 26.0 Å². The molecule has 0 aliphatic carbocycles. The quantitative estimate of drug-likeness (QED) is 0.580. The van der Waals surface area contributed by atoms with Crippen molar-refractivity contribution >= 4 is 28.9 Å². The predicted molar refractivity (Wildman–Crippen MR) is 111 cm³/mol. The van der Waals surface area contributed by atoms with E-state index in [1.165, 1.54) is 18.2 Å². The van der Waals surface area contributed by atoms with Crippen LogP contribution >= 0.6 is 0 Å². The molecule has 0 amide bonds. The molecule has 1 N–H and O–H groups in total. The van der Waals surface area contributed by atoms with Crippen LogP contribution in [0.2, 0.25) is 0 Å². The summed E-state index contributed by atoms with van der Waals surface area (Å²) in [5, 5.41) is 3.86. The van der Waals surface area contributed by atoms with Gasteiger partial charge < -0.3 is 10.2 Å². The molecular formula is C22H23F3N4. The van der Waals surface area contributed by atoms with Crippen LogP contribution < -0.4 is 5.32 Å². The maximum Gasteiger partial charge on any atom is 0.159 e. The smallest absolute Gasteiger partial charge is 0.159 e. The van der Waals surface area contributed by atoms with E-state index in [4.69, 9.17) is 0 Å². The lowest BCUT2D eigenvalue weighted by atomic mass is 10.2. The van der Waals surface area contributed by atoms with Crippen molar-refractivity contribution in [2.24, 2.45) is 0 Å². The Balaban J connectivity index is 1.88. The van der Waals surface area contributed by atoms with Gasteiger partial charge in [0.2, 0.25) is 0 Å². The minimum atomic E-state index is -0.916. The average Bonchev–Trinajstić information content (AvgIpc) is 2.72. The van der Waals surface area contributed by atoms with E-state index in [0.29, 0.717) is 34.7 Å². The third kappa shape index (κ3) is 5.32. The van der Waals surface area contributed by atoms with Gasteiger partial charge in [0.05, 0.1) is 5.52 Å². The van der Waals surface area contributed by atoms with Crippen molar-refractivity contribution < 1.29 is 13.2 Å². The molecule has 0 unspecified atom stereocenters. The lowest BCUT2D eigenvalue weighted by molar-refractivity contribution is 0.316. The first-order valence-corrected chi connectivity index (χ1v) is 9.56. The summed E-state index contributed by atoms with van der Waals surface area (Å²) in [7, 11) is 0. The zero-order valence-electron chi connectivity index (χ0n) is 16.4. The highest BCUT2D eigenvalue weighted by atomic mass is 19.2. The van der Waals surface area contributed by atoms with Gasteiger partial charge in [-0.25, -0.2) is 23.1 Å². The van der Waals surface area contributed by atoms with Gasteiger partial charge in [-0.3, -0.25) is 0 Å². The van der Waals surface area contributed by atoms with Crippen molar-refractivity contribution in [3.05, 3.63) is 65.2 Å². The highest BCUT2D eigenvalue weighted by molar-refractivity contribution is 5.90. The molecule has 0 aliphatic rings. The van der Waals surface area contributed by atoms with Crippen molar-refractivity contribution in [3.63, 3.8) is 0 Å². The van der Waals surface area contributed by atoms with Crippen LogP contribution in [0, 0.1) is 17.5 Å². The average molecular weight is 400 g/mol. The summed E-state index contributed by atoms with van der Waals surface area (Å²) in [5.41, 5.74) is 1.08. The van der Waals surface area contributed by atoms with Crippen LogP contribution in [-0.4, -0.2) is 41.0 Å². The van der Waals surface area contributed by atoms with Crippen LogP contribution in [0.15, 0.2) is 36.4 Å². The molecule has 4 nitrogen and oxygen atoms in total. The van der Waals surface area contributed by atoms with E-state index in [-0.39, 0.29) is 5.82 Å². The lowest BCUT2D eigenvalue weighted by Crippen LogP contribution is -2.28. The van der Waals surface area contributed by atoms with E-state index in [2.05, 4.69) is 34.0 Å². The summed E-state index contributed by atoms with van der Waals surface area (Å²) in [6.07, 6.45) is 3.22. The summed E-state index contributed by atoms with van der Waals surface area (Å²) in [4.78, 5) is 11.2. The zero-order chi connectivity index (χ0) is 20.8. The summed E-state index contributed by atoms with van der Waals surface area (Å²) >= 11 is 0. The molecule has 0 saturated heterocycles. The van der Waals surface area contributed by atoms with Crippen LogP contribution in [0.1, 0.15) is 25.2 Å². The maximum absolute atomic E-state index is 13.7.